The molecule has 1 saturated carbocycles. The van der Waals surface area contributed by atoms with Gasteiger partial charge in [-0.3, -0.25) is 14.6 Å². The second kappa shape index (κ2) is 7.45. The van der Waals surface area contributed by atoms with Gasteiger partial charge in [-0.15, -0.1) is 0 Å². The van der Waals surface area contributed by atoms with Crippen LogP contribution in [0.1, 0.15) is 39.3 Å². The minimum absolute atomic E-state index is 0.216. The molecular weight excluding hydrogens is 326 g/mol. The van der Waals surface area contributed by atoms with Crippen LogP contribution in [0.25, 0.3) is 0 Å². The third-order valence-electron chi connectivity index (χ3n) is 3.78. The van der Waals surface area contributed by atoms with Crippen molar-refractivity contribution in [2.45, 2.75) is 25.3 Å². The number of carbonyl (C=O) groups excluding carboxylic acids is 2. The number of pyridine rings is 1. The number of hydrogen-bond acceptors (Lipinski definition) is 3. The van der Waals surface area contributed by atoms with Crippen molar-refractivity contribution in [1.29, 1.82) is 0 Å². The maximum Gasteiger partial charge on any atom is 0.270 e. The molecule has 2 N–H and O–H groups in total. The Bertz CT molecular complexity index is 742. The molecule has 2 amide bonds. The highest BCUT2D eigenvalue weighted by Gasteiger charge is 2.24. The summed E-state index contributed by atoms with van der Waals surface area (Å²) in [6.45, 7) is 0.506. The molecule has 0 bridgehead atoms. The monoisotopic (exact) mass is 343 g/mol. The number of benzene rings is 1. The van der Waals surface area contributed by atoms with Crippen molar-refractivity contribution in [3.05, 3.63) is 64.4 Å². The maximum absolute atomic E-state index is 12.2. The molecule has 0 unspecified atom stereocenters. The molecule has 1 aliphatic carbocycles. The molecule has 124 valence electrons. The normalized spacial score (nSPS) is 13.4. The van der Waals surface area contributed by atoms with Crippen molar-refractivity contribution in [3.63, 3.8) is 0 Å². The highest BCUT2D eigenvalue weighted by molar-refractivity contribution is 6.30. The van der Waals surface area contributed by atoms with Crippen LogP contribution in [0.15, 0.2) is 42.6 Å². The summed E-state index contributed by atoms with van der Waals surface area (Å²) in [5.74, 6) is -0.444. The molecule has 0 aliphatic heterocycles. The molecule has 0 atom stereocenters. The Morgan fingerprint density at radius 2 is 1.88 bits per heavy atom. The van der Waals surface area contributed by atoms with Crippen LogP contribution in [0.3, 0.4) is 0 Å². The van der Waals surface area contributed by atoms with Crippen molar-refractivity contribution in [3.8, 4) is 0 Å². The standard InChI is InChI=1S/C18H18ClN3O2/c19-14-3-1-12(2-4-14)7-9-21-17(23)13-8-10-20-16(11-13)18(24)22-15-5-6-15/h1-4,8,10-11,15H,5-7,9H2,(H,21,23)(H,22,24). The Labute approximate surface area is 145 Å². The Hall–Kier alpha value is -2.40. The number of aromatic nitrogens is 1. The van der Waals surface area contributed by atoms with Crippen LogP contribution in [-0.4, -0.2) is 29.4 Å². The van der Waals surface area contributed by atoms with Gasteiger partial charge < -0.3 is 10.6 Å². The Morgan fingerprint density at radius 3 is 2.58 bits per heavy atom. The average Bonchev–Trinajstić information content (AvgIpc) is 3.40. The molecule has 0 saturated heterocycles. The molecule has 0 spiro atoms. The summed E-state index contributed by atoms with van der Waals surface area (Å²) in [6.07, 6.45) is 4.21. The molecule has 0 radical (unpaired) electrons. The summed E-state index contributed by atoms with van der Waals surface area (Å²) in [6, 6.07) is 10.9. The van der Waals surface area contributed by atoms with Gasteiger partial charge in [-0.1, -0.05) is 23.7 Å². The number of halogens is 1. The molecule has 2 aromatic rings. The van der Waals surface area contributed by atoms with Gasteiger partial charge in [-0.05, 0) is 49.1 Å². The lowest BCUT2D eigenvalue weighted by Crippen LogP contribution is -2.28. The fourth-order valence-corrected chi connectivity index (χ4v) is 2.38. The van der Waals surface area contributed by atoms with Crippen LogP contribution in [-0.2, 0) is 6.42 Å². The minimum atomic E-state index is -0.228. The van der Waals surface area contributed by atoms with E-state index in [1.54, 1.807) is 6.07 Å². The SMILES string of the molecule is O=C(NCCc1ccc(Cl)cc1)c1ccnc(C(=O)NC2CC2)c1. The second-order valence-corrected chi connectivity index (χ2v) is 6.25. The summed E-state index contributed by atoms with van der Waals surface area (Å²) in [4.78, 5) is 28.2. The van der Waals surface area contributed by atoms with E-state index in [4.69, 9.17) is 11.6 Å². The molecule has 1 heterocycles. The predicted molar refractivity (Wildman–Crippen MR) is 92.2 cm³/mol. The maximum atomic E-state index is 12.2. The van der Waals surface area contributed by atoms with Crippen LogP contribution in [0.4, 0.5) is 0 Å². The quantitative estimate of drug-likeness (QED) is 0.847. The minimum Gasteiger partial charge on any atom is -0.352 e. The van der Waals surface area contributed by atoms with Gasteiger partial charge in [0.1, 0.15) is 5.69 Å². The van der Waals surface area contributed by atoms with Crippen molar-refractivity contribution in [1.82, 2.24) is 15.6 Å². The van der Waals surface area contributed by atoms with Gasteiger partial charge in [0.15, 0.2) is 0 Å². The highest BCUT2D eigenvalue weighted by Crippen LogP contribution is 2.19. The van der Waals surface area contributed by atoms with E-state index < -0.39 is 0 Å². The van der Waals surface area contributed by atoms with Gasteiger partial charge in [0, 0.05) is 29.4 Å². The van der Waals surface area contributed by atoms with Crippen LogP contribution >= 0.6 is 11.6 Å². The summed E-state index contributed by atoms with van der Waals surface area (Å²) in [7, 11) is 0. The topological polar surface area (TPSA) is 71.1 Å². The molecule has 24 heavy (non-hydrogen) atoms. The molecule has 6 heteroatoms. The van der Waals surface area contributed by atoms with Crippen LogP contribution in [0, 0.1) is 0 Å². The van der Waals surface area contributed by atoms with Crippen molar-refractivity contribution >= 4 is 23.4 Å². The largest absolute Gasteiger partial charge is 0.352 e. The lowest BCUT2D eigenvalue weighted by atomic mass is 10.1. The van der Waals surface area contributed by atoms with Crippen LogP contribution < -0.4 is 10.6 Å². The van der Waals surface area contributed by atoms with E-state index in [2.05, 4.69) is 15.6 Å². The first-order chi connectivity index (χ1) is 11.6. The number of amides is 2. The van der Waals surface area contributed by atoms with E-state index in [0.29, 0.717) is 23.6 Å². The first kappa shape index (κ1) is 16.5. The van der Waals surface area contributed by atoms with Crippen molar-refractivity contribution < 1.29 is 9.59 Å². The van der Waals surface area contributed by atoms with E-state index in [9.17, 15) is 9.59 Å². The molecule has 1 fully saturated rings. The van der Waals surface area contributed by atoms with Crippen molar-refractivity contribution in [2.24, 2.45) is 0 Å². The van der Waals surface area contributed by atoms with E-state index in [0.717, 1.165) is 18.4 Å². The zero-order valence-electron chi connectivity index (χ0n) is 13.1. The van der Waals surface area contributed by atoms with Gasteiger partial charge in [-0.25, -0.2) is 0 Å². The number of nitrogens with zero attached hydrogens (tertiary/aromatic N) is 1. The van der Waals surface area contributed by atoms with Crippen molar-refractivity contribution in [2.75, 3.05) is 6.54 Å². The van der Waals surface area contributed by atoms with E-state index >= 15 is 0 Å². The Morgan fingerprint density at radius 1 is 1.12 bits per heavy atom. The number of hydrogen-bond donors (Lipinski definition) is 2. The van der Waals surface area contributed by atoms with Gasteiger partial charge >= 0.3 is 0 Å². The molecule has 3 rings (SSSR count). The van der Waals surface area contributed by atoms with E-state index in [1.807, 2.05) is 24.3 Å². The summed E-state index contributed by atoms with van der Waals surface area (Å²) < 4.78 is 0. The molecule has 1 aromatic carbocycles. The van der Waals surface area contributed by atoms with Gasteiger partial charge in [0.2, 0.25) is 0 Å². The molecule has 5 nitrogen and oxygen atoms in total. The van der Waals surface area contributed by atoms with Crippen LogP contribution in [0.2, 0.25) is 5.02 Å². The first-order valence-electron chi connectivity index (χ1n) is 7.91. The fraction of sp³-hybridized carbons (Fsp3) is 0.278. The summed E-state index contributed by atoms with van der Waals surface area (Å²) >= 11 is 5.84. The first-order valence-corrected chi connectivity index (χ1v) is 8.29. The number of carbonyl (C=O) groups is 2. The van der Waals surface area contributed by atoms with E-state index in [1.165, 1.54) is 12.3 Å². The van der Waals surface area contributed by atoms with Gasteiger partial charge in [-0.2, -0.15) is 0 Å². The van der Waals surface area contributed by atoms with Gasteiger partial charge in [0.05, 0.1) is 0 Å². The molecular formula is C18H18ClN3O2. The average molecular weight is 344 g/mol. The Balaban J connectivity index is 1.54. The predicted octanol–water partition coefficient (Wildman–Crippen LogP) is 2.60. The highest BCUT2D eigenvalue weighted by atomic mass is 35.5. The lowest BCUT2D eigenvalue weighted by Gasteiger charge is -2.07. The fourth-order valence-electron chi connectivity index (χ4n) is 2.26. The summed E-state index contributed by atoms with van der Waals surface area (Å²) in [5, 5.41) is 6.40. The third-order valence-corrected chi connectivity index (χ3v) is 4.03. The molecule has 1 aliphatic rings. The van der Waals surface area contributed by atoms with E-state index in [-0.39, 0.29) is 23.6 Å². The lowest BCUT2D eigenvalue weighted by molar-refractivity contribution is 0.0946. The Kier molecular flexibility index (Phi) is 5.11. The number of rotatable bonds is 6. The van der Waals surface area contributed by atoms with Gasteiger partial charge in [0.25, 0.3) is 11.8 Å². The van der Waals surface area contributed by atoms with Crippen LogP contribution in [0.5, 0.6) is 0 Å². The second-order valence-electron chi connectivity index (χ2n) is 5.81. The zero-order valence-corrected chi connectivity index (χ0v) is 13.8. The molecule has 1 aromatic heterocycles. The zero-order chi connectivity index (χ0) is 16.9. The third kappa shape index (κ3) is 4.55. The number of nitrogens with one attached hydrogen (secondary N) is 2. The summed E-state index contributed by atoms with van der Waals surface area (Å²) in [5.41, 5.74) is 1.80. The smallest absolute Gasteiger partial charge is 0.270 e.